The van der Waals surface area contributed by atoms with Gasteiger partial charge in [-0.1, -0.05) is 0 Å². The number of nitrogens with one attached hydrogen (secondary N) is 1. The molecule has 5 nitrogen and oxygen atoms in total. The van der Waals surface area contributed by atoms with Crippen LogP contribution >= 0.6 is 15.9 Å². The van der Waals surface area contributed by atoms with Crippen LogP contribution in [-0.2, 0) is 6.54 Å². The first-order valence-electron chi connectivity index (χ1n) is 5.24. The van der Waals surface area contributed by atoms with Gasteiger partial charge in [0.05, 0.1) is 24.5 Å². The van der Waals surface area contributed by atoms with Crippen molar-refractivity contribution in [3.8, 4) is 0 Å². The lowest BCUT2D eigenvalue weighted by atomic mass is 10.3. The number of anilines is 1. The van der Waals surface area contributed by atoms with Crippen molar-refractivity contribution in [3.05, 3.63) is 41.4 Å². The van der Waals surface area contributed by atoms with Gasteiger partial charge in [-0.3, -0.25) is 9.67 Å². The number of nitrogens with zero attached hydrogens (tertiary/aromatic N) is 3. The molecular weight excluding hydrogens is 284 g/mol. The Kier molecular flexibility index (Phi) is 4.11. The number of halogens is 1. The Bertz CT molecular complexity index is 460. The molecule has 0 aliphatic rings. The fourth-order valence-electron chi connectivity index (χ4n) is 1.43. The van der Waals surface area contributed by atoms with E-state index in [2.05, 4.69) is 31.3 Å². The Morgan fingerprint density at radius 3 is 3.06 bits per heavy atom. The number of hydrogen-bond acceptors (Lipinski definition) is 4. The highest BCUT2D eigenvalue weighted by Gasteiger charge is 2.05. The first-order valence-corrected chi connectivity index (χ1v) is 6.03. The van der Waals surface area contributed by atoms with Gasteiger partial charge in [-0.05, 0) is 28.1 Å². The van der Waals surface area contributed by atoms with Crippen LogP contribution in [0, 0.1) is 0 Å². The van der Waals surface area contributed by atoms with Gasteiger partial charge in [-0.15, -0.1) is 0 Å². The minimum absolute atomic E-state index is 0.456. The van der Waals surface area contributed by atoms with E-state index in [1.807, 2.05) is 18.3 Å². The third kappa shape index (κ3) is 3.83. The molecule has 1 atom stereocenters. The second kappa shape index (κ2) is 5.79. The molecule has 90 valence electrons. The second-order valence-corrected chi connectivity index (χ2v) is 4.57. The fraction of sp³-hybridized carbons (Fsp3) is 0.273. The molecule has 2 heterocycles. The van der Waals surface area contributed by atoms with Crippen molar-refractivity contribution < 1.29 is 5.11 Å². The van der Waals surface area contributed by atoms with Gasteiger partial charge in [0.2, 0.25) is 0 Å². The SMILES string of the molecule is OC(CNc1cncc(Br)c1)Cn1cccn1. The summed E-state index contributed by atoms with van der Waals surface area (Å²) in [6.45, 7) is 0.930. The van der Waals surface area contributed by atoms with Crippen molar-refractivity contribution in [2.45, 2.75) is 12.6 Å². The van der Waals surface area contributed by atoms with Crippen molar-refractivity contribution >= 4 is 21.6 Å². The van der Waals surface area contributed by atoms with Crippen LogP contribution in [0.4, 0.5) is 5.69 Å². The zero-order valence-corrected chi connectivity index (χ0v) is 10.7. The summed E-state index contributed by atoms with van der Waals surface area (Å²) in [5, 5.41) is 16.9. The standard InChI is InChI=1S/C11H13BrN4O/c12-9-4-10(6-13-5-9)14-7-11(17)8-16-3-1-2-15-16/h1-6,11,14,17H,7-8H2. The molecule has 0 fully saturated rings. The van der Waals surface area contributed by atoms with Gasteiger partial charge in [-0.25, -0.2) is 0 Å². The zero-order valence-electron chi connectivity index (χ0n) is 9.12. The quantitative estimate of drug-likeness (QED) is 0.878. The van der Waals surface area contributed by atoms with Gasteiger partial charge in [-0.2, -0.15) is 5.10 Å². The topological polar surface area (TPSA) is 63.0 Å². The predicted octanol–water partition coefficient (Wildman–Crippen LogP) is 1.51. The smallest absolute Gasteiger partial charge is 0.0907 e. The largest absolute Gasteiger partial charge is 0.389 e. The van der Waals surface area contributed by atoms with Crippen LogP contribution in [-0.4, -0.2) is 32.5 Å². The van der Waals surface area contributed by atoms with Crippen LogP contribution in [0.15, 0.2) is 41.4 Å². The lowest BCUT2D eigenvalue weighted by Gasteiger charge is -2.12. The van der Waals surface area contributed by atoms with Crippen LogP contribution in [0.25, 0.3) is 0 Å². The molecule has 0 radical (unpaired) electrons. The van der Waals surface area contributed by atoms with Crippen LogP contribution in [0.2, 0.25) is 0 Å². The third-order valence-electron chi connectivity index (χ3n) is 2.20. The van der Waals surface area contributed by atoms with Crippen molar-refractivity contribution in [1.29, 1.82) is 0 Å². The molecule has 6 heteroatoms. The van der Waals surface area contributed by atoms with Crippen molar-refractivity contribution in [2.75, 3.05) is 11.9 Å². The first kappa shape index (κ1) is 12.1. The summed E-state index contributed by atoms with van der Waals surface area (Å²) in [5.74, 6) is 0. The molecule has 0 aromatic carbocycles. The number of aliphatic hydroxyl groups excluding tert-OH is 1. The molecule has 0 saturated carbocycles. The molecule has 0 spiro atoms. The molecule has 0 bridgehead atoms. The summed E-state index contributed by atoms with van der Waals surface area (Å²) in [5.41, 5.74) is 0.874. The summed E-state index contributed by atoms with van der Waals surface area (Å²) < 4.78 is 2.61. The van der Waals surface area contributed by atoms with Crippen LogP contribution < -0.4 is 5.32 Å². The van der Waals surface area contributed by atoms with Crippen LogP contribution in [0.1, 0.15) is 0 Å². The monoisotopic (exact) mass is 296 g/mol. The highest BCUT2D eigenvalue weighted by molar-refractivity contribution is 9.10. The second-order valence-electron chi connectivity index (χ2n) is 3.65. The van der Waals surface area contributed by atoms with E-state index < -0.39 is 6.10 Å². The molecule has 0 amide bonds. The van der Waals surface area contributed by atoms with Gasteiger partial charge in [0, 0.05) is 29.6 Å². The normalized spacial score (nSPS) is 12.4. The highest BCUT2D eigenvalue weighted by Crippen LogP contribution is 2.13. The van der Waals surface area contributed by atoms with Gasteiger partial charge >= 0.3 is 0 Å². The summed E-state index contributed by atoms with van der Waals surface area (Å²) in [4.78, 5) is 4.03. The Balaban J connectivity index is 1.82. The molecule has 2 aromatic heterocycles. The number of rotatable bonds is 5. The lowest BCUT2D eigenvalue weighted by Crippen LogP contribution is -2.25. The van der Waals surface area contributed by atoms with Gasteiger partial charge in [0.25, 0.3) is 0 Å². The van der Waals surface area contributed by atoms with E-state index in [0.29, 0.717) is 13.1 Å². The molecule has 2 rings (SSSR count). The minimum atomic E-state index is -0.492. The van der Waals surface area contributed by atoms with E-state index in [-0.39, 0.29) is 0 Å². The van der Waals surface area contributed by atoms with Gasteiger partial charge in [0.15, 0.2) is 0 Å². The maximum atomic E-state index is 9.80. The zero-order chi connectivity index (χ0) is 12.1. The van der Waals surface area contributed by atoms with E-state index >= 15 is 0 Å². The summed E-state index contributed by atoms with van der Waals surface area (Å²) >= 11 is 3.34. The average Bonchev–Trinajstić information content (AvgIpc) is 2.79. The molecule has 17 heavy (non-hydrogen) atoms. The van der Waals surface area contributed by atoms with Crippen LogP contribution in [0.5, 0.6) is 0 Å². The maximum Gasteiger partial charge on any atom is 0.0907 e. The van der Waals surface area contributed by atoms with Crippen molar-refractivity contribution in [1.82, 2.24) is 14.8 Å². The van der Waals surface area contributed by atoms with E-state index in [1.165, 1.54) is 0 Å². The molecule has 0 aliphatic heterocycles. The molecule has 2 N–H and O–H groups in total. The van der Waals surface area contributed by atoms with E-state index in [0.717, 1.165) is 10.2 Å². The summed E-state index contributed by atoms with van der Waals surface area (Å²) in [6.07, 6.45) is 6.45. The lowest BCUT2D eigenvalue weighted by molar-refractivity contribution is 0.161. The van der Waals surface area contributed by atoms with Gasteiger partial charge < -0.3 is 10.4 Å². The van der Waals surface area contributed by atoms with E-state index in [1.54, 1.807) is 23.3 Å². The fourth-order valence-corrected chi connectivity index (χ4v) is 1.80. The van der Waals surface area contributed by atoms with Crippen LogP contribution in [0.3, 0.4) is 0 Å². The number of aliphatic hydroxyl groups is 1. The average molecular weight is 297 g/mol. The molecular formula is C11H13BrN4O. The number of pyridine rings is 1. The molecule has 0 saturated heterocycles. The Labute approximate surface area is 108 Å². The Morgan fingerprint density at radius 1 is 1.47 bits per heavy atom. The van der Waals surface area contributed by atoms with E-state index in [9.17, 15) is 5.11 Å². The van der Waals surface area contributed by atoms with Gasteiger partial charge in [0.1, 0.15) is 0 Å². The van der Waals surface area contributed by atoms with E-state index in [4.69, 9.17) is 0 Å². The minimum Gasteiger partial charge on any atom is -0.389 e. The number of hydrogen-bond donors (Lipinski definition) is 2. The Morgan fingerprint density at radius 2 is 2.35 bits per heavy atom. The third-order valence-corrected chi connectivity index (χ3v) is 2.64. The predicted molar refractivity (Wildman–Crippen MR) is 68.7 cm³/mol. The molecule has 2 aromatic rings. The summed E-state index contributed by atoms with van der Waals surface area (Å²) in [6, 6.07) is 3.74. The maximum absolute atomic E-state index is 9.80. The summed E-state index contributed by atoms with van der Waals surface area (Å²) in [7, 11) is 0. The Hall–Kier alpha value is -1.40. The van der Waals surface area contributed by atoms with Crippen molar-refractivity contribution in [2.24, 2.45) is 0 Å². The molecule has 0 aliphatic carbocycles. The van der Waals surface area contributed by atoms with Crippen molar-refractivity contribution in [3.63, 3.8) is 0 Å². The molecule has 1 unspecified atom stereocenters. The number of aromatic nitrogens is 3. The first-order chi connectivity index (χ1) is 8.24. The highest BCUT2D eigenvalue weighted by atomic mass is 79.9.